The molecule has 3 heterocycles. The second-order valence-corrected chi connectivity index (χ2v) is 9.82. The predicted molar refractivity (Wildman–Crippen MR) is 148 cm³/mol. The Morgan fingerprint density at radius 1 is 1.19 bits per heavy atom. The molecule has 0 bridgehead atoms. The molecule has 0 radical (unpaired) electrons. The number of fused-ring (bicyclic) bond motifs is 1. The van der Waals surface area contributed by atoms with Crippen molar-refractivity contribution in [1.82, 2.24) is 24.8 Å². The SMILES string of the molecule is N=C1C=C(c2cc(CCCCN3CCC[C@@H](O)C3)n3ncnc(N)c23)C=C/C1=C/NCc1ccccc1. The lowest BCUT2D eigenvalue weighted by Crippen LogP contribution is -2.38. The van der Waals surface area contributed by atoms with Crippen LogP contribution in [0.25, 0.3) is 11.1 Å². The minimum absolute atomic E-state index is 0.184. The summed E-state index contributed by atoms with van der Waals surface area (Å²) >= 11 is 0. The molecule has 0 saturated carbocycles. The molecule has 1 aliphatic carbocycles. The molecule has 1 fully saturated rings. The van der Waals surface area contributed by atoms with Gasteiger partial charge < -0.3 is 26.5 Å². The van der Waals surface area contributed by atoms with Gasteiger partial charge in [-0.2, -0.15) is 5.10 Å². The summed E-state index contributed by atoms with van der Waals surface area (Å²) in [6, 6.07) is 12.3. The third kappa shape index (κ3) is 5.98. The molecule has 5 rings (SSSR count). The summed E-state index contributed by atoms with van der Waals surface area (Å²) in [5.41, 5.74) is 12.5. The molecule has 1 saturated heterocycles. The molecule has 8 nitrogen and oxygen atoms in total. The number of allylic oxidation sites excluding steroid dienone is 5. The largest absolute Gasteiger partial charge is 0.392 e. The first kappa shape index (κ1) is 24.9. The van der Waals surface area contributed by atoms with Gasteiger partial charge >= 0.3 is 0 Å². The zero-order chi connectivity index (χ0) is 25.6. The maximum Gasteiger partial charge on any atom is 0.151 e. The van der Waals surface area contributed by atoms with E-state index >= 15 is 0 Å². The highest BCUT2D eigenvalue weighted by atomic mass is 16.3. The van der Waals surface area contributed by atoms with Crippen LogP contribution >= 0.6 is 0 Å². The molecule has 0 unspecified atom stereocenters. The first-order chi connectivity index (χ1) is 18.1. The molecule has 0 amide bonds. The number of rotatable bonds is 9. The fraction of sp³-hybridized carbons (Fsp3) is 0.345. The predicted octanol–water partition coefficient (Wildman–Crippen LogP) is 3.74. The number of aryl methyl sites for hydroxylation is 1. The van der Waals surface area contributed by atoms with Crippen LogP contribution in [0.5, 0.6) is 0 Å². The number of aliphatic hydroxyl groups is 1. The standard InChI is InChI=1S/C29H35N7O/c30-27-15-22(11-12-23(27)18-32-17-21-7-2-1-3-8-21)26-16-24(36-28(26)29(31)33-20-34-36)9-4-5-13-35-14-6-10-25(37)19-35/h1-3,7-8,11-12,15-16,18,20,25,30,32,37H,4-6,9-10,13-14,17,19H2,(H2,31,33,34)/b23-18-,30-27?/t25-/m1/s1. The molecule has 2 aromatic heterocycles. The lowest BCUT2D eigenvalue weighted by Gasteiger charge is -2.29. The quantitative estimate of drug-likeness (QED) is 0.335. The number of aromatic nitrogens is 3. The van der Waals surface area contributed by atoms with Crippen LogP contribution in [0.15, 0.2) is 72.7 Å². The van der Waals surface area contributed by atoms with Crippen LogP contribution in [0.1, 0.15) is 42.5 Å². The van der Waals surface area contributed by atoms with E-state index in [0.29, 0.717) is 18.1 Å². The molecule has 2 aliphatic rings. The van der Waals surface area contributed by atoms with Crippen molar-refractivity contribution in [1.29, 1.82) is 5.41 Å². The van der Waals surface area contributed by atoms with Gasteiger partial charge in [0.15, 0.2) is 5.82 Å². The van der Waals surface area contributed by atoms with E-state index in [9.17, 15) is 5.11 Å². The average Bonchev–Trinajstić information content (AvgIpc) is 3.28. The van der Waals surface area contributed by atoms with Crippen molar-refractivity contribution in [2.24, 2.45) is 0 Å². The van der Waals surface area contributed by atoms with Crippen molar-refractivity contribution in [2.75, 3.05) is 25.4 Å². The number of nitrogens with one attached hydrogen (secondary N) is 2. The van der Waals surface area contributed by atoms with Gasteiger partial charge in [0.25, 0.3) is 0 Å². The minimum atomic E-state index is -0.184. The lowest BCUT2D eigenvalue weighted by molar-refractivity contribution is 0.0699. The number of unbranched alkanes of at least 4 members (excludes halogenated alkanes) is 1. The third-order valence-electron chi connectivity index (χ3n) is 7.07. The van der Waals surface area contributed by atoms with Crippen LogP contribution in [0.2, 0.25) is 0 Å². The number of nitrogens with zero attached hydrogens (tertiary/aromatic N) is 4. The second kappa shape index (κ2) is 11.5. The van der Waals surface area contributed by atoms with E-state index in [1.807, 2.05) is 47.1 Å². The topological polar surface area (TPSA) is 116 Å². The number of aliphatic hydroxyl groups excluding tert-OH is 1. The van der Waals surface area contributed by atoms with Crippen molar-refractivity contribution in [3.63, 3.8) is 0 Å². The number of likely N-dealkylation sites (tertiary alicyclic amines) is 1. The number of nitrogen functional groups attached to an aromatic ring is 1. The molecule has 1 atom stereocenters. The summed E-state index contributed by atoms with van der Waals surface area (Å²) in [6.07, 6.45) is 14.0. The van der Waals surface area contributed by atoms with E-state index in [1.165, 1.54) is 11.9 Å². The van der Waals surface area contributed by atoms with Crippen molar-refractivity contribution in [3.05, 3.63) is 89.5 Å². The number of hydrogen-bond donors (Lipinski definition) is 4. The van der Waals surface area contributed by atoms with Gasteiger partial charge in [-0.05, 0) is 68.5 Å². The highest BCUT2D eigenvalue weighted by Crippen LogP contribution is 2.31. The monoisotopic (exact) mass is 497 g/mol. The number of benzene rings is 1. The molecule has 192 valence electrons. The molecule has 3 aromatic rings. The van der Waals surface area contributed by atoms with Crippen molar-refractivity contribution in [2.45, 2.75) is 44.8 Å². The third-order valence-corrected chi connectivity index (χ3v) is 7.07. The zero-order valence-electron chi connectivity index (χ0n) is 21.1. The number of piperidine rings is 1. The van der Waals surface area contributed by atoms with Gasteiger partial charge in [0, 0.05) is 36.1 Å². The van der Waals surface area contributed by atoms with Crippen LogP contribution in [0, 0.1) is 5.41 Å². The van der Waals surface area contributed by atoms with E-state index in [2.05, 4.69) is 38.5 Å². The number of hydrogen-bond acceptors (Lipinski definition) is 7. The Bertz CT molecular complexity index is 1340. The molecule has 1 aliphatic heterocycles. The number of β-amino-alcohol motifs (C(OH)–C–C–N with tert-alkyl or cyclic N) is 1. The van der Waals surface area contributed by atoms with Gasteiger partial charge in [-0.1, -0.05) is 42.5 Å². The van der Waals surface area contributed by atoms with E-state index in [0.717, 1.165) is 79.7 Å². The molecule has 8 heteroatoms. The first-order valence-corrected chi connectivity index (χ1v) is 13.1. The first-order valence-electron chi connectivity index (χ1n) is 13.1. The maximum atomic E-state index is 9.91. The highest BCUT2D eigenvalue weighted by Gasteiger charge is 2.19. The number of nitrogens with two attached hydrogens (primary N) is 1. The Morgan fingerprint density at radius 2 is 2.05 bits per heavy atom. The summed E-state index contributed by atoms with van der Waals surface area (Å²) in [5, 5.41) is 26.3. The molecule has 0 spiro atoms. The number of anilines is 1. The van der Waals surface area contributed by atoms with Gasteiger partial charge in [-0.15, -0.1) is 0 Å². The molecule has 37 heavy (non-hydrogen) atoms. The Labute approximate surface area is 217 Å². The smallest absolute Gasteiger partial charge is 0.151 e. The Balaban J connectivity index is 1.27. The van der Waals surface area contributed by atoms with Crippen LogP contribution in [-0.4, -0.2) is 56.1 Å². The highest BCUT2D eigenvalue weighted by molar-refractivity contribution is 6.16. The van der Waals surface area contributed by atoms with Crippen molar-refractivity contribution in [3.8, 4) is 0 Å². The molecular formula is C29H35N7O. The average molecular weight is 498 g/mol. The van der Waals surface area contributed by atoms with Gasteiger partial charge in [0.05, 0.1) is 11.8 Å². The summed E-state index contributed by atoms with van der Waals surface area (Å²) < 4.78 is 1.90. The zero-order valence-corrected chi connectivity index (χ0v) is 21.1. The Hall–Kier alpha value is -3.75. The van der Waals surface area contributed by atoms with Gasteiger partial charge in [0.2, 0.25) is 0 Å². The maximum absolute atomic E-state index is 9.91. The molecule has 1 aromatic carbocycles. The second-order valence-electron chi connectivity index (χ2n) is 9.82. The summed E-state index contributed by atoms with van der Waals surface area (Å²) in [6.45, 7) is 3.57. The summed E-state index contributed by atoms with van der Waals surface area (Å²) in [4.78, 5) is 6.59. The lowest BCUT2D eigenvalue weighted by atomic mass is 9.96. The van der Waals surface area contributed by atoms with Crippen molar-refractivity contribution >= 4 is 22.6 Å². The van der Waals surface area contributed by atoms with E-state index < -0.39 is 0 Å². The molecule has 5 N–H and O–H groups in total. The van der Waals surface area contributed by atoms with Crippen LogP contribution in [0.3, 0.4) is 0 Å². The minimum Gasteiger partial charge on any atom is -0.392 e. The fourth-order valence-electron chi connectivity index (χ4n) is 5.13. The van der Waals surface area contributed by atoms with E-state index in [1.54, 1.807) is 0 Å². The van der Waals surface area contributed by atoms with E-state index in [-0.39, 0.29) is 6.10 Å². The van der Waals surface area contributed by atoms with Gasteiger partial charge in [0.1, 0.15) is 11.8 Å². The molecular weight excluding hydrogens is 462 g/mol. The van der Waals surface area contributed by atoms with Gasteiger partial charge in [-0.25, -0.2) is 9.50 Å². The summed E-state index contributed by atoms with van der Waals surface area (Å²) in [7, 11) is 0. The normalized spacial score (nSPS) is 19.5. The summed E-state index contributed by atoms with van der Waals surface area (Å²) in [5.74, 6) is 0.435. The van der Waals surface area contributed by atoms with E-state index in [4.69, 9.17) is 11.1 Å². The Kier molecular flexibility index (Phi) is 7.77. The van der Waals surface area contributed by atoms with Crippen LogP contribution < -0.4 is 11.1 Å². The fourth-order valence-corrected chi connectivity index (χ4v) is 5.13. The van der Waals surface area contributed by atoms with Crippen molar-refractivity contribution < 1.29 is 5.11 Å². The Morgan fingerprint density at radius 3 is 2.86 bits per heavy atom. The van der Waals surface area contributed by atoms with Gasteiger partial charge in [-0.3, -0.25) is 0 Å². The van der Waals surface area contributed by atoms with Crippen LogP contribution in [0.4, 0.5) is 5.82 Å². The van der Waals surface area contributed by atoms with Crippen LogP contribution in [-0.2, 0) is 13.0 Å².